The summed E-state index contributed by atoms with van der Waals surface area (Å²) < 4.78 is 25.1. The van der Waals surface area contributed by atoms with Gasteiger partial charge in [-0.2, -0.15) is 0 Å². The topological polar surface area (TPSA) is 105 Å². The van der Waals surface area contributed by atoms with E-state index in [2.05, 4.69) is 32.4 Å². The summed E-state index contributed by atoms with van der Waals surface area (Å²) >= 11 is 0. The molecular formula is C25H25FN6O3. The van der Waals surface area contributed by atoms with Gasteiger partial charge in [-0.1, -0.05) is 0 Å². The van der Waals surface area contributed by atoms with Gasteiger partial charge in [-0.15, -0.1) is 0 Å². The molecule has 4 aromatic rings. The first-order valence-electron chi connectivity index (χ1n) is 11.7. The lowest BCUT2D eigenvalue weighted by Crippen LogP contribution is -2.41. The number of alkyl halides is 1. The monoisotopic (exact) mass is 476 g/mol. The molecule has 0 spiro atoms. The van der Waals surface area contributed by atoms with Crippen LogP contribution in [0.3, 0.4) is 0 Å². The summed E-state index contributed by atoms with van der Waals surface area (Å²) in [5, 5.41) is 7.29. The summed E-state index contributed by atoms with van der Waals surface area (Å²) in [6.45, 7) is 4.41. The van der Waals surface area contributed by atoms with Gasteiger partial charge in [-0.05, 0) is 37.6 Å². The maximum Gasteiger partial charge on any atom is 0.231 e. The summed E-state index contributed by atoms with van der Waals surface area (Å²) in [7, 11) is 1.78. The van der Waals surface area contributed by atoms with Crippen molar-refractivity contribution in [1.82, 2.24) is 15.0 Å². The Morgan fingerprint density at radius 3 is 2.83 bits per heavy atom. The predicted octanol–water partition coefficient (Wildman–Crippen LogP) is 4.00. The van der Waals surface area contributed by atoms with Crippen molar-refractivity contribution < 1.29 is 18.3 Å². The predicted molar refractivity (Wildman–Crippen MR) is 131 cm³/mol. The number of nitrogens with zero attached hydrogens (tertiary/aromatic N) is 4. The molecule has 1 saturated heterocycles. The largest absolute Gasteiger partial charge is 0.436 e. The Hall–Kier alpha value is -3.79. The molecule has 35 heavy (non-hydrogen) atoms. The third-order valence-electron chi connectivity index (χ3n) is 6.52. The smallest absolute Gasteiger partial charge is 0.231 e. The van der Waals surface area contributed by atoms with E-state index in [1.54, 1.807) is 25.5 Å². The summed E-state index contributed by atoms with van der Waals surface area (Å²) in [6.07, 6.45) is 2.68. The van der Waals surface area contributed by atoms with Crippen LogP contribution in [0.15, 0.2) is 41.1 Å². The van der Waals surface area contributed by atoms with E-state index < -0.39 is 12.1 Å². The number of ether oxygens (including phenoxy) is 1. The fourth-order valence-corrected chi connectivity index (χ4v) is 4.51. The van der Waals surface area contributed by atoms with E-state index in [1.165, 1.54) is 0 Å². The van der Waals surface area contributed by atoms with Crippen LogP contribution >= 0.6 is 0 Å². The molecule has 9 nitrogen and oxygen atoms in total. The second-order valence-corrected chi connectivity index (χ2v) is 9.03. The van der Waals surface area contributed by atoms with E-state index >= 15 is 0 Å². The van der Waals surface area contributed by atoms with Crippen molar-refractivity contribution in [3.63, 3.8) is 0 Å². The molecule has 2 N–H and O–H groups in total. The maximum absolute atomic E-state index is 13.3. The van der Waals surface area contributed by atoms with Crippen molar-refractivity contribution in [2.24, 2.45) is 5.92 Å². The number of benzene rings is 1. The standard InChI is InChI=1S/C25H25FN6O3/c1-13-12-32(5-6-34-13)14-3-4-21-20(7-14)30-25(35-21)18-11-29-23(27-2)17-10-28-22(9-15(17)18)31-24(33)16-8-19(16)26/h3-4,7,9-11,13,16,19H,5-6,8,12H2,1-2H3,(H,27,29)(H,28,31,33)/t13-,16-,19+/m1/s1. The molecule has 1 aliphatic carbocycles. The normalized spacial score (nSPS) is 21.9. The van der Waals surface area contributed by atoms with Gasteiger partial charge in [0.2, 0.25) is 11.8 Å². The zero-order valence-electron chi connectivity index (χ0n) is 19.4. The molecule has 0 bridgehead atoms. The minimum absolute atomic E-state index is 0.175. The zero-order chi connectivity index (χ0) is 24.1. The number of carbonyl (C=O) groups is 1. The van der Waals surface area contributed by atoms with Crippen LogP contribution in [0, 0.1) is 5.92 Å². The van der Waals surface area contributed by atoms with Crippen LogP contribution in [-0.2, 0) is 9.53 Å². The van der Waals surface area contributed by atoms with Crippen LogP contribution < -0.4 is 15.5 Å². The molecule has 2 aliphatic rings. The molecular weight excluding hydrogens is 451 g/mol. The Morgan fingerprint density at radius 2 is 2.06 bits per heavy atom. The second-order valence-electron chi connectivity index (χ2n) is 9.03. The Balaban J connectivity index is 1.39. The number of halogens is 1. The lowest BCUT2D eigenvalue weighted by Gasteiger charge is -2.32. The number of oxazole rings is 1. The maximum atomic E-state index is 13.3. The number of amides is 1. The van der Waals surface area contributed by atoms with Crippen LogP contribution in [0.25, 0.3) is 33.3 Å². The molecule has 10 heteroatoms. The van der Waals surface area contributed by atoms with Crippen molar-refractivity contribution in [3.05, 3.63) is 36.7 Å². The molecule has 6 rings (SSSR count). The van der Waals surface area contributed by atoms with Gasteiger partial charge < -0.3 is 24.7 Å². The quantitative estimate of drug-likeness (QED) is 0.445. The molecule has 1 amide bonds. The minimum atomic E-state index is -1.07. The van der Waals surface area contributed by atoms with Crippen molar-refractivity contribution in [2.45, 2.75) is 25.6 Å². The highest BCUT2D eigenvalue weighted by molar-refractivity contribution is 6.03. The van der Waals surface area contributed by atoms with E-state index in [0.717, 1.165) is 35.1 Å². The van der Waals surface area contributed by atoms with E-state index in [9.17, 15) is 9.18 Å². The van der Waals surface area contributed by atoms with Gasteiger partial charge in [0.25, 0.3) is 0 Å². The van der Waals surface area contributed by atoms with Gasteiger partial charge >= 0.3 is 0 Å². The Bertz CT molecular complexity index is 1440. The summed E-state index contributed by atoms with van der Waals surface area (Å²) in [4.78, 5) is 28.1. The zero-order valence-corrected chi connectivity index (χ0v) is 19.4. The number of carbonyl (C=O) groups excluding carboxylic acids is 1. The van der Waals surface area contributed by atoms with Gasteiger partial charge in [0, 0.05) is 49.0 Å². The number of morpholine rings is 1. The Morgan fingerprint density at radius 1 is 1.20 bits per heavy atom. The highest BCUT2D eigenvalue weighted by Gasteiger charge is 2.43. The van der Waals surface area contributed by atoms with Crippen LogP contribution in [-0.4, -0.2) is 59.9 Å². The molecule has 2 fully saturated rings. The van der Waals surface area contributed by atoms with Crippen molar-refractivity contribution in [1.29, 1.82) is 0 Å². The van der Waals surface area contributed by atoms with E-state index in [0.29, 0.717) is 35.3 Å². The molecule has 4 heterocycles. The van der Waals surface area contributed by atoms with Crippen molar-refractivity contribution in [3.8, 4) is 11.5 Å². The lowest BCUT2D eigenvalue weighted by molar-refractivity contribution is -0.117. The fourth-order valence-electron chi connectivity index (χ4n) is 4.51. The summed E-state index contributed by atoms with van der Waals surface area (Å²) in [5.74, 6) is 0.441. The number of hydrogen-bond acceptors (Lipinski definition) is 8. The molecule has 1 aromatic carbocycles. The van der Waals surface area contributed by atoms with Crippen molar-refractivity contribution in [2.75, 3.05) is 42.3 Å². The number of anilines is 3. The van der Waals surface area contributed by atoms with Crippen molar-refractivity contribution >= 4 is 45.1 Å². The molecule has 3 atom stereocenters. The molecule has 0 radical (unpaired) electrons. The average Bonchev–Trinajstić information content (AvgIpc) is 3.45. The van der Waals surface area contributed by atoms with E-state index in [1.807, 2.05) is 18.2 Å². The van der Waals surface area contributed by atoms with Gasteiger partial charge in [-0.3, -0.25) is 4.79 Å². The summed E-state index contributed by atoms with van der Waals surface area (Å²) in [6, 6.07) is 7.72. The number of hydrogen-bond donors (Lipinski definition) is 2. The SMILES string of the molecule is CNc1ncc(-c2nc3cc(N4CCO[C@H](C)C4)ccc3o2)c2cc(NC(=O)[C@@H]3C[C@@H]3F)ncc12. The molecule has 0 unspecified atom stereocenters. The van der Waals surface area contributed by atoms with Crippen LogP contribution in [0.2, 0.25) is 0 Å². The second kappa shape index (κ2) is 8.46. The number of fused-ring (bicyclic) bond motifs is 2. The average molecular weight is 477 g/mol. The van der Waals surface area contributed by atoms with Gasteiger partial charge in [0.05, 0.1) is 24.2 Å². The number of pyridine rings is 2. The van der Waals surface area contributed by atoms with Gasteiger partial charge in [0.15, 0.2) is 5.58 Å². The number of rotatable bonds is 5. The summed E-state index contributed by atoms with van der Waals surface area (Å²) in [5.41, 5.74) is 3.15. The molecule has 3 aromatic heterocycles. The Kier molecular flexibility index (Phi) is 5.25. The highest BCUT2D eigenvalue weighted by atomic mass is 19.1. The fraction of sp³-hybridized carbons (Fsp3) is 0.360. The Labute approximate surface area is 200 Å². The number of nitrogens with one attached hydrogen (secondary N) is 2. The van der Waals surface area contributed by atoms with Gasteiger partial charge in [0.1, 0.15) is 23.3 Å². The number of aromatic nitrogens is 3. The first-order chi connectivity index (χ1) is 17.0. The first kappa shape index (κ1) is 21.7. The molecule has 1 aliphatic heterocycles. The van der Waals surface area contributed by atoms with E-state index in [4.69, 9.17) is 14.1 Å². The molecule has 1 saturated carbocycles. The molecule has 180 valence electrons. The minimum Gasteiger partial charge on any atom is -0.436 e. The lowest BCUT2D eigenvalue weighted by atomic mass is 10.1. The third kappa shape index (κ3) is 4.03. The van der Waals surface area contributed by atoms with Crippen LogP contribution in [0.5, 0.6) is 0 Å². The third-order valence-corrected chi connectivity index (χ3v) is 6.52. The highest BCUT2D eigenvalue weighted by Crippen LogP contribution is 2.37. The first-order valence-corrected chi connectivity index (χ1v) is 11.7. The van der Waals surface area contributed by atoms with Crippen LogP contribution in [0.4, 0.5) is 21.7 Å². The van der Waals surface area contributed by atoms with Gasteiger partial charge in [-0.25, -0.2) is 19.3 Å². The van der Waals surface area contributed by atoms with Crippen LogP contribution in [0.1, 0.15) is 13.3 Å². The van der Waals surface area contributed by atoms with E-state index in [-0.39, 0.29) is 18.4 Å².